The van der Waals surface area contributed by atoms with Crippen molar-refractivity contribution in [3.8, 4) is 0 Å². The molecule has 4 atom stereocenters. The van der Waals surface area contributed by atoms with Gasteiger partial charge < -0.3 is 25.0 Å². The summed E-state index contributed by atoms with van der Waals surface area (Å²) in [5.41, 5.74) is 0.590. The van der Waals surface area contributed by atoms with Gasteiger partial charge in [0.15, 0.2) is 0 Å². The number of rotatable bonds is 2. The third-order valence-corrected chi connectivity index (χ3v) is 2.37. The largest absolute Gasteiger partial charge is 0.394 e. The number of aromatic nitrogens is 2. The van der Waals surface area contributed by atoms with E-state index in [2.05, 4.69) is 9.97 Å². The smallest absolute Gasteiger partial charge is 0.128 e. The van der Waals surface area contributed by atoms with Crippen LogP contribution in [0.15, 0.2) is 12.5 Å². The lowest BCUT2D eigenvalue weighted by Crippen LogP contribution is -2.32. The van der Waals surface area contributed by atoms with Gasteiger partial charge in [-0.3, -0.25) is 0 Å². The number of hydrogen-bond donors (Lipinski definition) is 4. The average molecular weight is 200 g/mol. The first-order valence-corrected chi connectivity index (χ1v) is 4.34. The Bertz CT molecular complexity index is 290. The SMILES string of the molecule is OC[C@H]1O[C@@H](c2cnc[nH]2)[C@H](O)[C@@H]1O. The number of aliphatic hydroxyl groups is 3. The zero-order valence-electron chi connectivity index (χ0n) is 7.37. The molecule has 0 saturated carbocycles. The van der Waals surface area contributed by atoms with Gasteiger partial charge in [0.1, 0.15) is 24.4 Å². The molecule has 1 aromatic rings. The Labute approximate surface area is 80.2 Å². The van der Waals surface area contributed by atoms with E-state index < -0.39 is 24.4 Å². The number of aromatic amines is 1. The molecule has 1 aliphatic rings. The summed E-state index contributed by atoms with van der Waals surface area (Å²) < 4.78 is 5.26. The van der Waals surface area contributed by atoms with Crippen molar-refractivity contribution in [3.63, 3.8) is 0 Å². The fourth-order valence-corrected chi connectivity index (χ4v) is 1.58. The Morgan fingerprint density at radius 3 is 2.71 bits per heavy atom. The van der Waals surface area contributed by atoms with Gasteiger partial charge in [-0.25, -0.2) is 4.98 Å². The zero-order chi connectivity index (χ0) is 10.1. The molecule has 6 heteroatoms. The first-order valence-electron chi connectivity index (χ1n) is 4.34. The van der Waals surface area contributed by atoms with E-state index in [0.717, 1.165) is 0 Å². The van der Waals surface area contributed by atoms with Crippen LogP contribution in [0.4, 0.5) is 0 Å². The van der Waals surface area contributed by atoms with Crippen LogP contribution in [0.2, 0.25) is 0 Å². The molecular formula is C8H12N2O4. The van der Waals surface area contributed by atoms with Crippen LogP contribution in [-0.4, -0.2) is 50.2 Å². The second-order valence-electron chi connectivity index (χ2n) is 3.27. The lowest BCUT2D eigenvalue weighted by Gasteiger charge is -2.11. The molecule has 2 rings (SSSR count). The van der Waals surface area contributed by atoms with Crippen molar-refractivity contribution >= 4 is 0 Å². The number of hydrogen-bond acceptors (Lipinski definition) is 5. The lowest BCUT2D eigenvalue weighted by molar-refractivity contribution is -0.0238. The van der Waals surface area contributed by atoms with E-state index in [0.29, 0.717) is 5.69 Å². The molecule has 4 N–H and O–H groups in total. The number of ether oxygens (including phenoxy) is 1. The van der Waals surface area contributed by atoms with E-state index in [9.17, 15) is 10.2 Å². The Kier molecular flexibility index (Phi) is 2.51. The maximum absolute atomic E-state index is 9.60. The number of nitrogens with one attached hydrogen (secondary N) is 1. The van der Waals surface area contributed by atoms with Crippen LogP contribution in [0.25, 0.3) is 0 Å². The Balaban J connectivity index is 2.16. The minimum absolute atomic E-state index is 0.317. The Morgan fingerprint density at radius 2 is 2.21 bits per heavy atom. The van der Waals surface area contributed by atoms with Crippen molar-refractivity contribution in [1.29, 1.82) is 0 Å². The van der Waals surface area contributed by atoms with E-state index in [4.69, 9.17) is 9.84 Å². The van der Waals surface area contributed by atoms with Gasteiger partial charge in [0.25, 0.3) is 0 Å². The standard InChI is InChI=1S/C8H12N2O4/c11-2-5-6(12)7(13)8(14-5)4-1-9-3-10-4/h1,3,5-8,11-13H,2H2,(H,9,10)/t5-,6-,7-,8+/m1/s1. The second-order valence-corrected chi connectivity index (χ2v) is 3.27. The molecule has 0 unspecified atom stereocenters. The molecule has 0 bridgehead atoms. The molecule has 2 heterocycles. The van der Waals surface area contributed by atoms with Crippen molar-refractivity contribution in [2.75, 3.05) is 6.61 Å². The number of imidazole rings is 1. The summed E-state index contributed by atoms with van der Waals surface area (Å²) in [6.45, 7) is -0.317. The van der Waals surface area contributed by atoms with Crippen LogP contribution >= 0.6 is 0 Å². The van der Waals surface area contributed by atoms with Crippen LogP contribution in [0.1, 0.15) is 11.8 Å². The van der Waals surface area contributed by atoms with Gasteiger partial charge in [-0.1, -0.05) is 0 Å². The highest BCUT2D eigenvalue weighted by atomic mass is 16.6. The molecule has 14 heavy (non-hydrogen) atoms. The topological polar surface area (TPSA) is 98.6 Å². The summed E-state index contributed by atoms with van der Waals surface area (Å²) in [4.78, 5) is 6.57. The highest BCUT2D eigenvalue weighted by Crippen LogP contribution is 2.31. The minimum Gasteiger partial charge on any atom is -0.394 e. The van der Waals surface area contributed by atoms with Gasteiger partial charge in [-0.2, -0.15) is 0 Å². The monoisotopic (exact) mass is 200 g/mol. The fourth-order valence-electron chi connectivity index (χ4n) is 1.58. The number of H-pyrrole nitrogens is 1. The van der Waals surface area contributed by atoms with Gasteiger partial charge in [0.05, 0.1) is 24.8 Å². The Hall–Kier alpha value is -0.950. The molecule has 0 aliphatic carbocycles. The van der Waals surface area contributed by atoms with E-state index >= 15 is 0 Å². The molecular weight excluding hydrogens is 188 g/mol. The second kappa shape index (κ2) is 3.66. The van der Waals surface area contributed by atoms with Crippen molar-refractivity contribution in [1.82, 2.24) is 9.97 Å². The summed E-state index contributed by atoms with van der Waals surface area (Å²) in [6.07, 6.45) is -0.506. The lowest BCUT2D eigenvalue weighted by atomic mass is 10.1. The average Bonchev–Trinajstić information content (AvgIpc) is 2.78. The molecule has 0 spiro atoms. The fraction of sp³-hybridized carbons (Fsp3) is 0.625. The minimum atomic E-state index is -1.06. The molecule has 1 aliphatic heterocycles. The summed E-state index contributed by atoms with van der Waals surface area (Å²) in [5.74, 6) is 0. The van der Waals surface area contributed by atoms with Crippen molar-refractivity contribution in [3.05, 3.63) is 18.2 Å². The molecule has 1 fully saturated rings. The third-order valence-electron chi connectivity index (χ3n) is 2.37. The molecule has 0 aromatic carbocycles. The molecule has 0 amide bonds. The summed E-state index contributed by atoms with van der Waals surface area (Å²) in [5, 5.41) is 27.9. The van der Waals surface area contributed by atoms with Gasteiger partial charge in [-0.15, -0.1) is 0 Å². The van der Waals surface area contributed by atoms with Crippen LogP contribution in [0, 0.1) is 0 Å². The van der Waals surface area contributed by atoms with Gasteiger partial charge in [0, 0.05) is 0 Å². The van der Waals surface area contributed by atoms with Crippen LogP contribution < -0.4 is 0 Å². The Morgan fingerprint density at radius 1 is 1.43 bits per heavy atom. The highest BCUT2D eigenvalue weighted by Gasteiger charge is 2.43. The van der Waals surface area contributed by atoms with Crippen molar-refractivity contribution in [2.45, 2.75) is 24.4 Å². The molecule has 78 valence electrons. The van der Waals surface area contributed by atoms with Gasteiger partial charge in [0.2, 0.25) is 0 Å². The van der Waals surface area contributed by atoms with Gasteiger partial charge >= 0.3 is 0 Å². The number of nitrogens with zero attached hydrogens (tertiary/aromatic N) is 1. The number of aliphatic hydroxyl groups excluding tert-OH is 3. The highest BCUT2D eigenvalue weighted by molar-refractivity contribution is 5.07. The van der Waals surface area contributed by atoms with Crippen LogP contribution in [0.5, 0.6) is 0 Å². The van der Waals surface area contributed by atoms with E-state index in [1.165, 1.54) is 12.5 Å². The van der Waals surface area contributed by atoms with Crippen LogP contribution in [0.3, 0.4) is 0 Å². The molecule has 1 aromatic heterocycles. The zero-order valence-corrected chi connectivity index (χ0v) is 7.37. The molecule has 1 saturated heterocycles. The summed E-state index contributed by atoms with van der Waals surface area (Å²) in [6, 6.07) is 0. The molecule has 0 radical (unpaired) electrons. The van der Waals surface area contributed by atoms with Crippen LogP contribution in [-0.2, 0) is 4.74 Å². The predicted molar refractivity (Wildman–Crippen MR) is 45.3 cm³/mol. The maximum Gasteiger partial charge on any atom is 0.128 e. The van der Waals surface area contributed by atoms with E-state index in [-0.39, 0.29) is 6.61 Å². The van der Waals surface area contributed by atoms with Gasteiger partial charge in [-0.05, 0) is 0 Å². The summed E-state index contributed by atoms with van der Waals surface area (Å²) >= 11 is 0. The third kappa shape index (κ3) is 1.42. The quantitative estimate of drug-likeness (QED) is 0.469. The maximum atomic E-state index is 9.60. The first-order chi connectivity index (χ1) is 6.74. The van der Waals surface area contributed by atoms with Crippen molar-refractivity contribution < 1.29 is 20.1 Å². The normalized spacial score (nSPS) is 37.6. The van der Waals surface area contributed by atoms with E-state index in [1.54, 1.807) is 0 Å². The van der Waals surface area contributed by atoms with Crippen molar-refractivity contribution in [2.24, 2.45) is 0 Å². The summed E-state index contributed by atoms with van der Waals surface area (Å²) in [7, 11) is 0. The first kappa shape index (κ1) is 9.60. The predicted octanol–water partition coefficient (Wildman–Crippen LogP) is -1.44. The van der Waals surface area contributed by atoms with E-state index in [1.807, 2.05) is 0 Å². The molecule has 6 nitrogen and oxygen atoms in total.